The Balaban J connectivity index is 2.04. The van der Waals surface area contributed by atoms with E-state index in [0.29, 0.717) is 45.3 Å². The van der Waals surface area contributed by atoms with E-state index in [1.54, 1.807) is 13.2 Å². The third-order valence-electron chi connectivity index (χ3n) is 3.98. The van der Waals surface area contributed by atoms with Gasteiger partial charge in [0.25, 0.3) is 5.91 Å². The van der Waals surface area contributed by atoms with Crippen LogP contribution in [0.2, 0.25) is 5.02 Å². The number of halogens is 2. The minimum atomic E-state index is -0.583. The number of nitrogens with two attached hydrogens (primary N) is 2. The van der Waals surface area contributed by atoms with Gasteiger partial charge in [0.1, 0.15) is 15.5 Å². The van der Waals surface area contributed by atoms with Gasteiger partial charge in [-0.05, 0) is 46.5 Å². The van der Waals surface area contributed by atoms with Crippen LogP contribution in [0.5, 0.6) is 11.5 Å². The molecule has 3 aromatic rings. The number of ether oxygens (including phenoxy) is 2. The minimum Gasteiger partial charge on any atom is -0.496 e. The Morgan fingerprint density at radius 1 is 1.26 bits per heavy atom. The molecule has 142 valence electrons. The number of benzene rings is 1. The summed E-state index contributed by atoms with van der Waals surface area (Å²) in [6.07, 6.45) is 1.10. The van der Waals surface area contributed by atoms with Gasteiger partial charge in [-0.2, -0.15) is 0 Å². The van der Waals surface area contributed by atoms with Crippen molar-refractivity contribution in [1.82, 2.24) is 9.97 Å². The molecule has 0 aliphatic carbocycles. The first-order valence-corrected chi connectivity index (χ1v) is 9.79. The standard InChI is InChI=1S/C17H16BrClN4O3S/c1-25-11-5-7(9(19)6-8(11)18)3-4-10-12-13(26-2)14(15(20)24)27-16(12)23-17(21)22-10/h5-6H,3-4H2,1-2H3,(H2,20,24)(H2,21,22,23). The fourth-order valence-corrected chi connectivity index (χ4v) is 4.69. The van der Waals surface area contributed by atoms with Crippen LogP contribution < -0.4 is 20.9 Å². The molecule has 10 heteroatoms. The predicted octanol–water partition coefficient (Wildman–Crippen LogP) is 3.59. The molecular weight excluding hydrogens is 456 g/mol. The number of nitrogens with zero attached hydrogens (tertiary/aromatic N) is 2. The summed E-state index contributed by atoms with van der Waals surface area (Å²) in [7, 11) is 3.07. The summed E-state index contributed by atoms with van der Waals surface area (Å²) in [5, 5.41) is 1.25. The molecule has 2 aromatic heterocycles. The molecule has 1 amide bonds. The fraction of sp³-hybridized carbons (Fsp3) is 0.235. The quantitative estimate of drug-likeness (QED) is 0.568. The number of primary amides is 1. The van der Waals surface area contributed by atoms with Crippen molar-refractivity contribution in [3.63, 3.8) is 0 Å². The van der Waals surface area contributed by atoms with Gasteiger partial charge in [0.05, 0.1) is 29.8 Å². The summed E-state index contributed by atoms with van der Waals surface area (Å²) in [6.45, 7) is 0. The van der Waals surface area contributed by atoms with Gasteiger partial charge in [-0.25, -0.2) is 9.97 Å². The average Bonchev–Trinajstić information content (AvgIpc) is 2.99. The van der Waals surface area contributed by atoms with Gasteiger partial charge in [-0.3, -0.25) is 4.79 Å². The first-order chi connectivity index (χ1) is 12.8. The molecule has 0 aliphatic heterocycles. The summed E-state index contributed by atoms with van der Waals surface area (Å²) >= 11 is 10.9. The molecular formula is C17H16BrClN4O3S. The molecule has 7 nitrogen and oxygen atoms in total. The SMILES string of the molecule is COc1cc(CCc2nc(N)nc3sc(C(N)=O)c(OC)c23)c(Cl)cc1Br. The van der Waals surface area contributed by atoms with E-state index in [1.165, 1.54) is 7.11 Å². The number of rotatable bonds is 6. The Kier molecular flexibility index (Phi) is 5.73. The smallest absolute Gasteiger partial charge is 0.262 e. The molecule has 0 fully saturated rings. The lowest BCUT2D eigenvalue weighted by Crippen LogP contribution is -2.10. The number of carbonyl (C=O) groups excluding carboxylic acids is 1. The van der Waals surface area contributed by atoms with Crippen LogP contribution >= 0.6 is 38.9 Å². The van der Waals surface area contributed by atoms with Crippen molar-refractivity contribution in [3.8, 4) is 11.5 Å². The van der Waals surface area contributed by atoms with E-state index in [-0.39, 0.29) is 10.8 Å². The van der Waals surface area contributed by atoms with E-state index in [2.05, 4.69) is 25.9 Å². The highest BCUT2D eigenvalue weighted by Gasteiger charge is 2.22. The molecule has 1 aromatic carbocycles. The van der Waals surface area contributed by atoms with Crippen LogP contribution in [0.1, 0.15) is 20.9 Å². The number of nitrogen functional groups attached to an aromatic ring is 1. The van der Waals surface area contributed by atoms with E-state index >= 15 is 0 Å². The molecule has 0 radical (unpaired) electrons. The molecule has 0 saturated carbocycles. The van der Waals surface area contributed by atoms with Crippen molar-refractivity contribution >= 4 is 60.9 Å². The number of methoxy groups -OCH3 is 2. The fourth-order valence-electron chi connectivity index (χ4n) is 2.77. The number of fused-ring (bicyclic) bond motifs is 1. The zero-order valence-electron chi connectivity index (χ0n) is 14.5. The third-order valence-corrected chi connectivity index (χ3v) is 6.03. The first-order valence-electron chi connectivity index (χ1n) is 7.80. The molecule has 4 N–H and O–H groups in total. The Bertz CT molecular complexity index is 1040. The maximum Gasteiger partial charge on any atom is 0.262 e. The number of hydrogen-bond acceptors (Lipinski definition) is 7. The van der Waals surface area contributed by atoms with Crippen LogP contribution in [0.25, 0.3) is 10.2 Å². The number of hydrogen-bond donors (Lipinski definition) is 2. The monoisotopic (exact) mass is 470 g/mol. The highest BCUT2D eigenvalue weighted by atomic mass is 79.9. The van der Waals surface area contributed by atoms with Crippen molar-refractivity contribution in [2.75, 3.05) is 20.0 Å². The Morgan fingerprint density at radius 3 is 2.63 bits per heavy atom. The van der Waals surface area contributed by atoms with E-state index in [0.717, 1.165) is 21.4 Å². The number of aryl methyl sites for hydroxylation is 2. The van der Waals surface area contributed by atoms with Crippen LogP contribution in [-0.2, 0) is 12.8 Å². The molecule has 0 bridgehead atoms. The highest BCUT2D eigenvalue weighted by Crippen LogP contribution is 2.39. The van der Waals surface area contributed by atoms with Crippen LogP contribution in [0.3, 0.4) is 0 Å². The van der Waals surface area contributed by atoms with Crippen molar-refractivity contribution in [1.29, 1.82) is 0 Å². The number of amides is 1. The normalized spacial score (nSPS) is 11.0. The maximum atomic E-state index is 11.7. The van der Waals surface area contributed by atoms with Gasteiger partial charge < -0.3 is 20.9 Å². The predicted molar refractivity (Wildman–Crippen MR) is 110 cm³/mol. The lowest BCUT2D eigenvalue weighted by molar-refractivity contribution is 0.100. The second kappa shape index (κ2) is 7.87. The Morgan fingerprint density at radius 2 is 2.00 bits per heavy atom. The zero-order chi connectivity index (χ0) is 19.7. The molecule has 0 spiro atoms. The van der Waals surface area contributed by atoms with Crippen LogP contribution in [0.15, 0.2) is 16.6 Å². The number of carbonyl (C=O) groups is 1. The Hall–Kier alpha value is -2.10. The zero-order valence-corrected chi connectivity index (χ0v) is 17.7. The summed E-state index contributed by atoms with van der Waals surface area (Å²) < 4.78 is 11.5. The number of thiophene rings is 1. The van der Waals surface area contributed by atoms with Crippen LogP contribution in [0, 0.1) is 0 Å². The van der Waals surface area contributed by atoms with Gasteiger partial charge in [0.2, 0.25) is 5.95 Å². The lowest BCUT2D eigenvalue weighted by Gasteiger charge is -2.10. The van der Waals surface area contributed by atoms with Gasteiger partial charge in [0, 0.05) is 5.02 Å². The summed E-state index contributed by atoms with van der Waals surface area (Å²) in [5.41, 5.74) is 12.8. The summed E-state index contributed by atoms with van der Waals surface area (Å²) in [6, 6.07) is 3.66. The second-order valence-electron chi connectivity index (χ2n) is 5.62. The molecule has 3 rings (SSSR count). The molecule has 2 heterocycles. The molecule has 0 saturated heterocycles. The van der Waals surface area contributed by atoms with Crippen LogP contribution in [0.4, 0.5) is 5.95 Å². The van der Waals surface area contributed by atoms with Gasteiger partial charge in [0.15, 0.2) is 5.75 Å². The van der Waals surface area contributed by atoms with Crippen molar-refractivity contribution in [3.05, 3.63) is 37.8 Å². The molecule has 0 aliphatic rings. The van der Waals surface area contributed by atoms with E-state index in [4.69, 9.17) is 32.5 Å². The van der Waals surface area contributed by atoms with Crippen molar-refractivity contribution in [2.45, 2.75) is 12.8 Å². The highest BCUT2D eigenvalue weighted by molar-refractivity contribution is 9.10. The van der Waals surface area contributed by atoms with E-state index in [1.807, 2.05) is 6.07 Å². The van der Waals surface area contributed by atoms with Gasteiger partial charge in [-0.1, -0.05) is 11.6 Å². The van der Waals surface area contributed by atoms with E-state index in [9.17, 15) is 4.79 Å². The van der Waals surface area contributed by atoms with Gasteiger partial charge >= 0.3 is 0 Å². The first kappa shape index (κ1) is 19.7. The van der Waals surface area contributed by atoms with Crippen molar-refractivity contribution < 1.29 is 14.3 Å². The second-order valence-corrected chi connectivity index (χ2v) is 7.88. The Labute approximate surface area is 172 Å². The largest absolute Gasteiger partial charge is 0.496 e. The average molecular weight is 472 g/mol. The number of anilines is 1. The lowest BCUT2D eigenvalue weighted by atomic mass is 10.1. The maximum absolute atomic E-state index is 11.7. The van der Waals surface area contributed by atoms with Crippen LogP contribution in [-0.4, -0.2) is 30.1 Å². The topological polar surface area (TPSA) is 113 Å². The molecule has 0 unspecified atom stereocenters. The van der Waals surface area contributed by atoms with Crippen molar-refractivity contribution in [2.24, 2.45) is 5.73 Å². The van der Waals surface area contributed by atoms with Gasteiger partial charge in [-0.15, -0.1) is 11.3 Å². The molecule has 0 atom stereocenters. The summed E-state index contributed by atoms with van der Waals surface area (Å²) in [5.74, 6) is 0.597. The summed E-state index contributed by atoms with van der Waals surface area (Å²) in [4.78, 5) is 21.1. The molecule has 27 heavy (non-hydrogen) atoms. The third kappa shape index (κ3) is 3.80. The van der Waals surface area contributed by atoms with E-state index < -0.39 is 5.91 Å². The minimum absolute atomic E-state index is 0.122. The number of aromatic nitrogens is 2.